The number of allylic oxidation sites excluding steroid dienone is 4. The highest BCUT2D eigenvalue weighted by Gasteiger charge is 2.65. The van der Waals surface area contributed by atoms with E-state index in [0.717, 1.165) is 12.0 Å². The summed E-state index contributed by atoms with van der Waals surface area (Å²) in [7, 11) is 0. The van der Waals surface area contributed by atoms with Crippen molar-refractivity contribution >= 4 is 11.9 Å². The van der Waals surface area contributed by atoms with Crippen LogP contribution in [0.1, 0.15) is 53.0 Å². The molecule has 1 aliphatic heterocycles. The molecule has 1 aromatic carbocycles. The van der Waals surface area contributed by atoms with Crippen LogP contribution in [0.3, 0.4) is 0 Å². The number of ether oxygens (including phenoxy) is 1. The van der Waals surface area contributed by atoms with Crippen molar-refractivity contribution in [2.75, 3.05) is 0 Å². The van der Waals surface area contributed by atoms with Crippen LogP contribution >= 0.6 is 0 Å². The maximum atomic E-state index is 14.1. The summed E-state index contributed by atoms with van der Waals surface area (Å²) in [5.74, 6) is -0.462. The van der Waals surface area contributed by atoms with Crippen molar-refractivity contribution in [1.29, 1.82) is 0 Å². The number of hydrogen-bond donors (Lipinski definition) is 2. The molecule has 35 heavy (non-hydrogen) atoms. The average Bonchev–Trinajstić information content (AvgIpc) is 3.06. The molecule has 5 nitrogen and oxygen atoms in total. The largest absolute Gasteiger partial charge is 0.457 e. The van der Waals surface area contributed by atoms with Crippen LogP contribution in [0.15, 0.2) is 66.3 Å². The zero-order valence-electron chi connectivity index (χ0n) is 21.5. The van der Waals surface area contributed by atoms with Gasteiger partial charge >= 0.3 is 5.97 Å². The molecule has 5 heteroatoms. The van der Waals surface area contributed by atoms with E-state index in [-0.39, 0.29) is 35.6 Å². The van der Waals surface area contributed by atoms with Crippen molar-refractivity contribution in [3.05, 3.63) is 71.8 Å². The van der Waals surface area contributed by atoms with Crippen molar-refractivity contribution in [3.63, 3.8) is 0 Å². The Morgan fingerprint density at radius 3 is 2.60 bits per heavy atom. The molecule has 8 atom stereocenters. The van der Waals surface area contributed by atoms with Crippen molar-refractivity contribution in [3.8, 4) is 0 Å². The number of carbonyl (C=O) groups excluding carboxylic acids is 2. The van der Waals surface area contributed by atoms with E-state index in [2.05, 4.69) is 56.4 Å². The lowest BCUT2D eigenvalue weighted by Gasteiger charge is -2.48. The van der Waals surface area contributed by atoms with E-state index in [1.54, 1.807) is 19.1 Å². The smallest absolute Gasteiger partial charge is 0.303 e. The van der Waals surface area contributed by atoms with Gasteiger partial charge in [-0.15, -0.1) is 0 Å². The Bertz CT molecular complexity index is 1040. The predicted octanol–water partition coefficient (Wildman–Crippen LogP) is 4.77. The Kier molecular flexibility index (Phi) is 7.10. The molecule has 1 heterocycles. The number of hydrogen-bond acceptors (Lipinski definition) is 4. The van der Waals surface area contributed by atoms with Crippen LogP contribution in [0.5, 0.6) is 0 Å². The third-order valence-electron chi connectivity index (χ3n) is 8.28. The maximum absolute atomic E-state index is 14.1. The van der Waals surface area contributed by atoms with E-state index in [1.807, 2.05) is 18.2 Å². The van der Waals surface area contributed by atoms with Crippen LogP contribution in [-0.4, -0.2) is 34.7 Å². The average molecular weight is 478 g/mol. The summed E-state index contributed by atoms with van der Waals surface area (Å²) < 4.78 is 5.95. The first-order valence-corrected chi connectivity index (χ1v) is 12.8. The molecular weight excluding hydrogens is 438 g/mol. The molecule has 0 aromatic heterocycles. The van der Waals surface area contributed by atoms with Crippen molar-refractivity contribution < 1.29 is 19.4 Å². The summed E-state index contributed by atoms with van der Waals surface area (Å²) in [5, 5.41) is 14.4. The summed E-state index contributed by atoms with van der Waals surface area (Å²) >= 11 is 0. The fraction of sp³-hybridized carbons (Fsp3) is 0.533. The zero-order chi connectivity index (χ0) is 25.4. The van der Waals surface area contributed by atoms with Crippen molar-refractivity contribution in [2.24, 2.45) is 29.1 Å². The molecule has 1 unspecified atom stereocenters. The Morgan fingerprint density at radius 1 is 1.20 bits per heavy atom. The van der Waals surface area contributed by atoms with E-state index >= 15 is 0 Å². The minimum Gasteiger partial charge on any atom is -0.457 e. The van der Waals surface area contributed by atoms with Gasteiger partial charge in [0.05, 0.1) is 5.60 Å². The highest BCUT2D eigenvalue weighted by molar-refractivity contribution is 5.89. The van der Waals surface area contributed by atoms with Gasteiger partial charge in [-0.05, 0) is 56.6 Å². The molecule has 1 amide bonds. The van der Waals surface area contributed by atoms with Crippen LogP contribution < -0.4 is 5.32 Å². The zero-order valence-corrected chi connectivity index (χ0v) is 21.5. The van der Waals surface area contributed by atoms with Crippen LogP contribution in [0, 0.1) is 29.1 Å². The Balaban J connectivity index is 1.90. The normalized spacial score (nSPS) is 40.9. The molecule has 1 spiro atoms. The highest BCUT2D eigenvalue weighted by Crippen LogP contribution is 2.56. The molecule has 0 bridgehead atoms. The molecule has 1 saturated heterocycles. The van der Waals surface area contributed by atoms with Gasteiger partial charge in [0.15, 0.2) is 0 Å². The van der Waals surface area contributed by atoms with Gasteiger partial charge in [0.1, 0.15) is 11.5 Å². The second-order valence-corrected chi connectivity index (χ2v) is 11.2. The van der Waals surface area contributed by atoms with E-state index in [1.165, 1.54) is 12.5 Å². The third-order valence-corrected chi connectivity index (χ3v) is 8.28. The first-order valence-electron chi connectivity index (χ1n) is 12.8. The van der Waals surface area contributed by atoms with E-state index in [0.29, 0.717) is 12.8 Å². The van der Waals surface area contributed by atoms with Gasteiger partial charge in [-0.3, -0.25) is 9.59 Å². The second-order valence-electron chi connectivity index (χ2n) is 11.2. The summed E-state index contributed by atoms with van der Waals surface area (Å²) in [6.07, 6.45) is 11.3. The van der Waals surface area contributed by atoms with Crippen molar-refractivity contribution in [2.45, 2.75) is 71.6 Å². The molecule has 2 N–H and O–H groups in total. The van der Waals surface area contributed by atoms with E-state index in [9.17, 15) is 14.7 Å². The lowest BCUT2D eigenvalue weighted by Crippen LogP contribution is -2.55. The molecule has 1 fully saturated rings. The van der Waals surface area contributed by atoms with E-state index < -0.39 is 23.1 Å². The van der Waals surface area contributed by atoms with Crippen LogP contribution in [0.4, 0.5) is 0 Å². The number of rotatable bonds is 3. The van der Waals surface area contributed by atoms with Crippen LogP contribution in [0.2, 0.25) is 0 Å². The van der Waals surface area contributed by atoms with Gasteiger partial charge in [0, 0.05) is 24.8 Å². The fourth-order valence-electron chi connectivity index (χ4n) is 6.71. The number of amides is 1. The molecular formula is C30H39NO4. The summed E-state index contributed by atoms with van der Waals surface area (Å²) in [6.45, 7) is 9.60. The lowest BCUT2D eigenvalue weighted by molar-refractivity contribution is -0.159. The number of aliphatic hydroxyl groups is 1. The van der Waals surface area contributed by atoms with Gasteiger partial charge < -0.3 is 15.2 Å². The molecule has 3 aliphatic rings. The minimum absolute atomic E-state index is 0.0866. The van der Waals surface area contributed by atoms with Crippen LogP contribution in [-0.2, 0) is 20.7 Å². The van der Waals surface area contributed by atoms with Crippen LogP contribution in [0.25, 0.3) is 0 Å². The van der Waals surface area contributed by atoms with Gasteiger partial charge in [-0.25, -0.2) is 0 Å². The maximum Gasteiger partial charge on any atom is 0.303 e. The molecule has 1 aromatic rings. The number of carbonyl (C=O) groups is 2. The summed E-state index contributed by atoms with van der Waals surface area (Å²) in [4.78, 5) is 26.5. The van der Waals surface area contributed by atoms with Gasteiger partial charge in [0.2, 0.25) is 5.91 Å². The minimum atomic E-state index is -1.07. The van der Waals surface area contributed by atoms with Gasteiger partial charge in [-0.2, -0.15) is 0 Å². The summed E-state index contributed by atoms with van der Waals surface area (Å²) in [6, 6.07) is 10.1. The summed E-state index contributed by atoms with van der Waals surface area (Å²) in [5.41, 5.74) is 0.341. The Morgan fingerprint density at radius 2 is 1.91 bits per heavy atom. The Hall–Kier alpha value is -2.66. The highest BCUT2D eigenvalue weighted by atomic mass is 16.5. The van der Waals surface area contributed by atoms with E-state index in [4.69, 9.17) is 4.74 Å². The number of benzene rings is 1. The SMILES string of the molecule is CC(=O)O[C@@H]1/C=C/[C@](C)(O)C[C@@H](C)C/C=C/[C@H]2C=C(C)[C@@H](C)[C@H]3[C@H](Cc4ccccc4)NC(=O)C321. The topological polar surface area (TPSA) is 75.6 Å². The first-order chi connectivity index (χ1) is 16.5. The predicted molar refractivity (Wildman–Crippen MR) is 137 cm³/mol. The quantitative estimate of drug-likeness (QED) is 0.486. The van der Waals surface area contributed by atoms with Gasteiger partial charge in [-0.1, -0.05) is 74.1 Å². The van der Waals surface area contributed by atoms with Gasteiger partial charge in [0.25, 0.3) is 0 Å². The fourth-order valence-corrected chi connectivity index (χ4v) is 6.71. The number of nitrogens with one attached hydrogen (secondary N) is 1. The first kappa shape index (κ1) is 25.4. The molecule has 188 valence electrons. The molecule has 2 aliphatic carbocycles. The second kappa shape index (κ2) is 9.77. The standard InChI is InChI=1S/C30H39NO4/c1-19-10-9-13-24-16-20(2)21(3)27-25(17-23-11-7-6-8-12-23)31-28(33)30(24,27)26(35-22(4)32)14-15-29(5,34)18-19/h6-9,11-16,19,21,24-27,34H,10,17-18H2,1-5H3,(H,31,33)/b13-9+,15-14+/t19-,21+,24-,25-,26+,27-,29-,30?/m0/s1. The number of esters is 1. The monoisotopic (exact) mass is 477 g/mol. The van der Waals surface area contributed by atoms with Crippen molar-refractivity contribution in [1.82, 2.24) is 5.32 Å². The molecule has 4 rings (SSSR count). The molecule has 0 saturated carbocycles. The molecule has 0 radical (unpaired) electrons. The third kappa shape index (κ3) is 4.88. The lowest BCUT2D eigenvalue weighted by atomic mass is 9.54. The Labute approximate surface area is 209 Å².